The Balaban J connectivity index is -0.0000000279. The van der Waals surface area contributed by atoms with Crippen LogP contribution in [0.15, 0.2) is 0 Å². The number of aliphatic carboxylic acids is 4. The van der Waals surface area contributed by atoms with E-state index in [0.717, 1.165) is 27.7 Å². The zero-order valence-corrected chi connectivity index (χ0v) is 17.8. The molecule has 0 aliphatic carbocycles. The fraction of sp³-hybridized carbons (Fsp3) is 0.500. The molecule has 104 valence electrons. The van der Waals surface area contributed by atoms with Crippen LogP contribution in [0.25, 0.3) is 0 Å². The van der Waals surface area contributed by atoms with E-state index in [2.05, 4.69) is 0 Å². The van der Waals surface area contributed by atoms with Crippen LogP contribution in [0.3, 0.4) is 0 Å². The van der Waals surface area contributed by atoms with Gasteiger partial charge in [0, 0.05) is 23.9 Å². The van der Waals surface area contributed by atoms with Crippen LogP contribution in [-0.4, -0.2) is 72.8 Å². The summed E-state index contributed by atoms with van der Waals surface area (Å²) in [5.74, 6) is -4.33. The number of carboxylic acids is 4. The molecule has 0 N–H and O–H groups in total. The molecule has 0 saturated carbocycles. The fourth-order valence-electron chi connectivity index (χ4n) is 0. The topological polar surface area (TPSA) is 178 Å². The Kier molecular flexibility index (Phi) is 69.4. The molecule has 19 heavy (non-hydrogen) atoms. The molecule has 0 spiro atoms. The standard InChI is InChI=1S/4C2H4O2.Ba.O.Zr/c4*1-2(3)4;;;/h4*1H3,(H,3,4);;;/q;;;;+2;;+2/p-4. The molecule has 0 atom stereocenters. The van der Waals surface area contributed by atoms with Crippen LogP contribution < -0.4 is 20.4 Å². The molecule has 0 bridgehead atoms. The number of carboxylic acid groups (broad SMARTS) is 4. The van der Waals surface area contributed by atoms with E-state index in [1.165, 1.54) is 0 Å². The van der Waals surface area contributed by atoms with Gasteiger partial charge in [-0.05, 0) is 27.7 Å². The van der Waals surface area contributed by atoms with Crippen molar-refractivity contribution in [3.63, 3.8) is 0 Å². The Morgan fingerprint density at radius 2 is 0.579 bits per heavy atom. The van der Waals surface area contributed by atoms with Gasteiger partial charge in [0.15, 0.2) is 0 Å². The fourth-order valence-corrected chi connectivity index (χ4v) is 0. The van der Waals surface area contributed by atoms with Crippen molar-refractivity contribution in [3.8, 4) is 0 Å². The van der Waals surface area contributed by atoms with Gasteiger partial charge in [0.05, 0.1) is 0 Å². The number of carbonyl (C=O) groups is 4. The van der Waals surface area contributed by atoms with Crippen molar-refractivity contribution in [1.29, 1.82) is 0 Å². The van der Waals surface area contributed by atoms with E-state index in [4.69, 9.17) is 42.4 Å². The summed E-state index contributed by atoms with van der Waals surface area (Å²) in [7, 11) is 0. The van der Waals surface area contributed by atoms with Gasteiger partial charge >= 0.3 is 76.4 Å². The summed E-state index contributed by atoms with van der Waals surface area (Å²) in [6.07, 6.45) is 0. The molecule has 0 rings (SSSR count). The van der Waals surface area contributed by atoms with Gasteiger partial charge in [-0.15, -0.1) is 0 Å². The van der Waals surface area contributed by atoms with E-state index >= 15 is 0 Å². The van der Waals surface area contributed by atoms with Crippen LogP contribution in [0.5, 0.6) is 0 Å². The average molecular weight is 481 g/mol. The summed E-state index contributed by atoms with van der Waals surface area (Å²) in [4.78, 5) is 35.6. The number of carbonyl (C=O) groups excluding carboxylic acids is 4. The second kappa shape index (κ2) is 36.2. The van der Waals surface area contributed by atoms with Crippen molar-refractivity contribution >= 4 is 72.8 Å². The first kappa shape index (κ1) is 36.5. The predicted octanol–water partition coefficient (Wildman–Crippen LogP) is -5.48. The maximum atomic E-state index is 8.89. The Morgan fingerprint density at radius 1 is 0.579 bits per heavy atom. The molecular weight excluding hydrogens is 469 g/mol. The Morgan fingerprint density at radius 3 is 0.579 bits per heavy atom. The molecule has 0 heterocycles. The van der Waals surface area contributed by atoms with E-state index in [1.807, 2.05) is 0 Å². The minimum absolute atomic E-state index is 0. The van der Waals surface area contributed by atoms with Crippen LogP contribution >= 0.6 is 0 Å². The van der Waals surface area contributed by atoms with Crippen LogP contribution in [0.2, 0.25) is 0 Å². The van der Waals surface area contributed by atoms with Crippen LogP contribution in [0.1, 0.15) is 27.7 Å². The molecular formula is C8H12BaO9Zr. The minimum atomic E-state index is -1.08. The monoisotopic (exact) mass is 480 g/mol. The zero-order valence-electron chi connectivity index (χ0n) is 10.9. The van der Waals surface area contributed by atoms with Gasteiger partial charge in [-0.3, -0.25) is 0 Å². The first-order valence-corrected chi connectivity index (χ1v) is 4.84. The van der Waals surface area contributed by atoms with Gasteiger partial charge in [0.1, 0.15) is 0 Å². The Hall–Kier alpha value is 0.135. The SMILES string of the molecule is CC(=O)[O-].CC(=O)[O-].CC(=O)[O-].CC(=O)[O-].[Ba+2].[O]=[Zr+2]. The van der Waals surface area contributed by atoms with E-state index in [0.29, 0.717) is 24.7 Å². The van der Waals surface area contributed by atoms with Gasteiger partial charge in [-0.2, -0.15) is 0 Å². The van der Waals surface area contributed by atoms with Crippen molar-refractivity contribution in [3.05, 3.63) is 0 Å². The van der Waals surface area contributed by atoms with Crippen LogP contribution in [0.4, 0.5) is 0 Å². The number of rotatable bonds is 0. The molecule has 0 aromatic rings. The summed E-state index contributed by atoms with van der Waals surface area (Å²) >= 11 is 0.300. The molecule has 0 aromatic heterocycles. The van der Waals surface area contributed by atoms with Gasteiger partial charge in [0.25, 0.3) is 0 Å². The van der Waals surface area contributed by atoms with E-state index in [-0.39, 0.29) is 48.9 Å². The van der Waals surface area contributed by atoms with Crippen LogP contribution in [0, 0.1) is 0 Å². The molecule has 0 fully saturated rings. The zero-order chi connectivity index (χ0) is 16.3. The number of hydrogen-bond acceptors (Lipinski definition) is 9. The van der Waals surface area contributed by atoms with Crippen molar-refractivity contribution in [1.82, 2.24) is 0 Å². The second-order valence-corrected chi connectivity index (χ2v) is 1.97. The van der Waals surface area contributed by atoms with Gasteiger partial charge in [-0.25, -0.2) is 0 Å². The molecule has 11 heteroatoms. The molecule has 0 radical (unpaired) electrons. The van der Waals surface area contributed by atoms with Crippen molar-refractivity contribution in [2.45, 2.75) is 27.7 Å². The first-order valence-electron chi connectivity index (χ1n) is 3.84. The van der Waals surface area contributed by atoms with Crippen molar-refractivity contribution < 1.29 is 67.1 Å². The van der Waals surface area contributed by atoms with E-state index in [9.17, 15) is 0 Å². The molecule has 0 unspecified atom stereocenters. The van der Waals surface area contributed by atoms with E-state index in [1.54, 1.807) is 0 Å². The van der Waals surface area contributed by atoms with E-state index < -0.39 is 23.9 Å². The summed E-state index contributed by atoms with van der Waals surface area (Å²) < 4.78 is 8.34. The van der Waals surface area contributed by atoms with Crippen molar-refractivity contribution in [2.24, 2.45) is 0 Å². The summed E-state index contributed by atoms with van der Waals surface area (Å²) in [6.45, 7) is 3.89. The summed E-state index contributed by atoms with van der Waals surface area (Å²) in [5, 5.41) is 35.6. The molecule has 0 aliphatic rings. The number of hydrogen-bond donors (Lipinski definition) is 0. The van der Waals surface area contributed by atoms with Gasteiger partial charge in [-0.1, -0.05) is 0 Å². The van der Waals surface area contributed by atoms with Gasteiger partial charge in [0.2, 0.25) is 0 Å². The normalized spacial score (nSPS) is 5.58. The molecule has 9 nitrogen and oxygen atoms in total. The predicted molar refractivity (Wildman–Crippen MR) is 49.2 cm³/mol. The molecule has 0 aliphatic heterocycles. The molecule has 0 amide bonds. The first-order chi connectivity index (χ1) is 7.93. The quantitative estimate of drug-likeness (QED) is 0.306. The van der Waals surface area contributed by atoms with Crippen LogP contribution in [-0.2, 0) is 46.7 Å². The Bertz CT molecular complexity index is 180. The average Bonchev–Trinajstić information content (AvgIpc) is 2.01. The third kappa shape index (κ3) is 261000. The summed E-state index contributed by atoms with van der Waals surface area (Å²) in [6, 6.07) is 0. The third-order valence-electron chi connectivity index (χ3n) is 0. The summed E-state index contributed by atoms with van der Waals surface area (Å²) in [5.41, 5.74) is 0. The molecule has 0 saturated heterocycles. The molecule has 0 aromatic carbocycles. The Labute approximate surface area is 165 Å². The third-order valence-corrected chi connectivity index (χ3v) is 0. The van der Waals surface area contributed by atoms with Crippen molar-refractivity contribution in [2.75, 3.05) is 0 Å². The maximum absolute atomic E-state index is 8.89. The second-order valence-electron chi connectivity index (χ2n) is 1.97. The van der Waals surface area contributed by atoms with Gasteiger partial charge < -0.3 is 39.6 Å².